The minimum atomic E-state index is -0.392. The number of carbonyl (C=O) groups is 2. The molecule has 1 aromatic heterocycles. The Balaban J connectivity index is 2.03. The maximum atomic E-state index is 12.4. The van der Waals surface area contributed by atoms with E-state index in [0.29, 0.717) is 19.5 Å². The summed E-state index contributed by atoms with van der Waals surface area (Å²) in [4.78, 5) is 25.1. The van der Waals surface area contributed by atoms with Crippen LogP contribution in [0.5, 0.6) is 0 Å². The molecule has 5 heteroatoms. The number of hydrogen-bond donors (Lipinski definition) is 1. The number of benzene rings is 1. The van der Waals surface area contributed by atoms with Gasteiger partial charge < -0.3 is 10.6 Å². The Morgan fingerprint density at radius 3 is 2.48 bits per heavy atom. The van der Waals surface area contributed by atoms with Crippen molar-refractivity contribution in [2.75, 3.05) is 6.54 Å². The summed E-state index contributed by atoms with van der Waals surface area (Å²) in [5, 5.41) is 3.92. The number of primary amides is 1. The number of rotatable bonds is 7. The van der Waals surface area contributed by atoms with Crippen molar-refractivity contribution in [3.63, 3.8) is 0 Å². The lowest BCUT2D eigenvalue weighted by Gasteiger charge is -2.22. The van der Waals surface area contributed by atoms with E-state index in [1.165, 1.54) is 0 Å². The maximum Gasteiger partial charge on any atom is 0.227 e. The third-order valence-corrected chi connectivity index (χ3v) is 3.86. The standard InChI is InChI=1S/C16H18N2O2S/c17-15(19)6-8-18(11-13-4-2-1-3-5-13)16(20)10-14-7-9-21-12-14/h1-5,7,9,12H,6,8,10-11H2,(H2,17,19). The fourth-order valence-corrected chi connectivity index (χ4v) is 2.69. The molecular formula is C16H18N2O2S. The Bertz CT molecular complexity index is 582. The van der Waals surface area contributed by atoms with Gasteiger partial charge in [0.05, 0.1) is 6.42 Å². The molecule has 1 heterocycles. The van der Waals surface area contributed by atoms with Gasteiger partial charge in [0.25, 0.3) is 0 Å². The predicted molar refractivity (Wildman–Crippen MR) is 83.7 cm³/mol. The largest absolute Gasteiger partial charge is 0.370 e. The van der Waals surface area contributed by atoms with Gasteiger partial charge in [-0.1, -0.05) is 30.3 Å². The average Bonchev–Trinajstić information content (AvgIpc) is 2.97. The molecule has 4 nitrogen and oxygen atoms in total. The average molecular weight is 302 g/mol. The molecule has 2 rings (SSSR count). The summed E-state index contributed by atoms with van der Waals surface area (Å²) in [7, 11) is 0. The quantitative estimate of drug-likeness (QED) is 0.852. The molecule has 2 aromatic rings. The van der Waals surface area contributed by atoms with Gasteiger partial charge in [0, 0.05) is 19.5 Å². The van der Waals surface area contributed by atoms with E-state index in [9.17, 15) is 9.59 Å². The van der Waals surface area contributed by atoms with Gasteiger partial charge in [0.15, 0.2) is 0 Å². The summed E-state index contributed by atoms with van der Waals surface area (Å²) in [6.07, 6.45) is 0.539. The van der Waals surface area contributed by atoms with Crippen molar-refractivity contribution in [2.45, 2.75) is 19.4 Å². The minimum Gasteiger partial charge on any atom is -0.370 e. The molecule has 21 heavy (non-hydrogen) atoms. The van der Waals surface area contributed by atoms with E-state index in [2.05, 4.69) is 0 Å². The molecule has 0 saturated carbocycles. The molecule has 110 valence electrons. The fourth-order valence-electron chi connectivity index (χ4n) is 2.02. The minimum absolute atomic E-state index is 0.0125. The van der Waals surface area contributed by atoms with E-state index in [1.807, 2.05) is 47.2 Å². The summed E-state index contributed by atoms with van der Waals surface area (Å²) in [5.41, 5.74) is 7.24. The highest BCUT2D eigenvalue weighted by molar-refractivity contribution is 7.07. The molecule has 2 amide bonds. The van der Waals surface area contributed by atoms with E-state index in [1.54, 1.807) is 16.2 Å². The smallest absolute Gasteiger partial charge is 0.227 e. The topological polar surface area (TPSA) is 63.4 Å². The van der Waals surface area contributed by atoms with E-state index in [0.717, 1.165) is 11.1 Å². The Hall–Kier alpha value is -2.14. The molecule has 0 fully saturated rings. The zero-order chi connectivity index (χ0) is 15.1. The Labute approximate surface area is 128 Å². The molecule has 0 saturated heterocycles. The van der Waals surface area contributed by atoms with Crippen molar-refractivity contribution < 1.29 is 9.59 Å². The van der Waals surface area contributed by atoms with Gasteiger partial charge in [-0.05, 0) is 28.0 Å². The van der Waals surface area contributed by atoms with Gasteiger partial charge in [-0.2, -0.15) is 11.3 Å². The highest BCUT2D eigenvalue weighted by atomic mass is 32.1. The predicted octanol–water partition coefficient (Wildman–Crippen LogP) is 2.19. The maximum absolute atomic E-state index is 12.4. The second-order valence-corrected chi connectivity index (χ2v) is 5.61. The molecule has 0 aliphatic heterocycles. The molecule has 0 spiro atoms. The van der Waals surface area contributed by atoms with Crippen LogP contribution in [0.1, 0.15) is 17.5 Å². The number of nitrogens with zero attached hydrogens (tertiary/aromatic N) is 1. The lowest BCUT2D eigenvalue weighted by Crippen LogP contribution is -2.34. The lowest BCUT2D eigenvalue weighted by molar-refractivity contribution is -0.131. The van der Waals surface area contributed by atoms with Crippen molar-refractivity contribution in [3.8, 4) is 0 Å². The number of hydrogen-bond acceptors (Lipinski definition) is 3. The van der Waals surface area contributed by atoms with E-state index in [-0.39, 0.29) is 12.3 Å². The van der Waals surface area contributed by atoms with Crippen LogP contribution in [0.3, 0.4) is 0 Å². The molecule has 0 bridgehead atoms. The Morgan fingerprint density at radius 2 is 1.86 bits per heavy atom. The van der Waals surface area contributed by atoms with Crippen LogP contribution in [0.2, 0.25) is 0 Å². The van der Waals surface area contributed by atoms with E-state index < -0.39 is 5.91 Å². The first kappa shape index (κ1) is 15.3. The molecule has 0 atom stereocenters. The second kappa shape index (κ2) is 7.59. The Kier molecular flexibility index (Phi) is 5.51. The van der Waals surface area contributed by atoms with Gasteiger partial charge in [-0.3, -0.25) is 9.59 Å². The highest BCUT2D eigenvalue weighted by Crippen LogP contribution is 2.11. The van der Waals surface area contributed by atoms with Crippen molar-refractivity contribution in [2.24, 2.45) is 5.73 Å². The number of thiophene rings is 1. The van der Waals surface area contributed by atoms with Crippen LogP contribution in [-0.2, 0) is 22.6 Å². The molecule has 1 aromatic carbocycles. The van der Waals surface area contributed by atoms with Crippen molar-refractivity contribution in [1.29, 1.82) is 0 Å². The van der Waals surface area contributed by atoms with Crippen LogP contribution in [0, 0.1) is 0 Å². The van der Waals surface area contributed by atoms with Crippen LogP contribution < -0.4 is 5.73 Å². The monoisotopic (exact) mass is 302 g/mol. The molecule has 2 N–H and O–H groups in total. The van der Waals surface area contributed by atoms with Gasteiger partial charge in [0.2, 0.25) is 11.8 Å². The van der Waals surface area contributed by atoms with Crippen LogP contribution in [-0.4, -0.2) is 23.3 Å². The number of carbonyl (C=O) groups excluding carboxylic acids is 2. The lowest BCUT2D eigenvalue weighted by atomic mass is 10.1. The summed E-state index contributed by atoms with van der Waals surface area (Å²) in [5.74, 6) is -0.380. The summed E-state index contributed by atoms with van der Waals surface area (Å²) >= 11 is 1.57. The summed E-state index contributed by atoms with van der Waals surface area (Å²) in [6, 6.07) is 11.7. The number of nitrogens with two attached hydrogens (primary N) is 1. The first-order chi connectivity index (χ1) is 10.1. The molecular weight excluding hydrogens is 284 g/mol. The normalized spacial score (nSPS) is 10.3. The third-order valence-electron chi connectivity index (χ3n) is 3.13. The van der Waals surface area contributed by atoms with Crippen LogP contribution in [0.15, 0.2) is 47.2 Å². The SMILES string of the molecule is NC(=O)CCN(Cc1ccccc1)C(=O)Cc1ccsc1. The van der Waals surface area contributed by atoms with Gasteiger partial charge in [-0.15, -0.1) is 0 Å². The van der Waals surface area contributed by atoms with Crippen LogP contribution in [0.25, 0.3) is 0 Å². The first-order valence-electron chi connectivity index (χ1n) is 6.76. The van der Waals surface area contributed by atoms with E-state index >= 15 is 0 Å². The van der Waals surface area contributed by atoms with Crippen LogP contribution in [0.4, 0.5) is 0 Å². The zero-order valence-electron chi connectivity index (χ0n) is 11.7. The summed E-state index contributed by atoms with van der Waals surface area (Å²) in [6.45, 7) is 0.851. The first-order valence-corrected chi connectivity index (χ1v) is 7.70. The second-order valence-electron chi connectivity index (χ2n) is 4.83. The molecule has 0 unspecified atom stereocenters. The van der Waals surface area contributed by atoms with Gasteiger partial charge in [0.1, 0.15) is 0 Å². The van der Waals surface area contributed by atoms with E-state index in [4.69, 9.17) is 5.73 Å². The third kappa shape index (κ3) is 5.04. The zero-order valence-corrected chi connectivity index (χ0v) is 12.5. The van der Waals surface area contributed by atoms with Crippen molar-refractivity contribution in [3.05, 3.63) is 58.3 Å². The Morgan fingerprint density at radius 1 is 1.10 bits per heavy atom. The fraction of sp³-hybridized carbons (Fsp3) is 0.250. The number of amides is 2. The summed E-state index contributed by atoms with van der Waals surface area (Å²) < 4.78 is 0. The molecule has 0 radical (unpaired) electrons. The molecule has 0 aliphatic rings. The van der Waals surface area contributed by atoms with Crippen LogP contribution >= 0.6 is 11.3 Å². The highest BCUT2D eigenvalue weighted by Gasteiger charge is 2.15. The van der Waals surface area contributed by atoms with Gasteiger partial charge >= 0.3 is 0 Å². The molecule has 0 aliphatic carbocycles. The van der Waals surface area contributed by atoms with Crippen molar-refractivity contribution in [1.82, 2.24) is 4.90 Å². The van der Waals surface area contributed by atoms with Gasteiger partial charge in [-0.25, -0.2) is 0 Å². The van der Waals surface area contributed by atoms with Crippen molar-refractivity contribution >= 4 is 23.2 Å².